The summed E-state index contributed by atoms with van der Waals surface area (Å²) in [6, 6.07) is 0.975. The number of esters is 2. The van der Waals surface area contributed by atoms with Crippen LogP contribution in [0.4, 0.5) is 0 Å². The molecule has 0 aromatic rings. The molecule has 0 amide bonds. The van der Waals surface area contributed by atoms with Crippen LogP contribution in [0.3, 0.4) is 0 Å². The molecular formula is C11H14N2O5. The highest BCUT2D eigenvalue weighted by Crippen LogP contribution is 2.13. The van der Waals surface area contributed by atoms with Crippen LogP contribution in [0.5, 0.6) is 0 Å². The number of hydrogen-bond donors (Lipinski definition) is 1. The fourth-order valence-corrected chi connectivity index (χ4v) is 1.31. The van der Waals surface area contributed by atoms with Gasteiger partial charge in [-0.1, -0.05) is 0 Å². The van der Waals surface area contributed by atoms with Crippen molar-refractivity contribution in [3.8, 4) is 6.07 Å². The lowest BCUT2D eigenvalue weighted by Gasteiger charge is -2.07. The Hall–Kier alpha value is -2.23. The molecule has 0 aromatic heterocycles. The molecule has 0 aromatic carbocycles. The normalized spacial score (nSPS) is 20.2. The van der Waals surface area contributed by atoms with Crippen LogP contribution >= 0.6 is 0 Å². The largest absolute Gasteiger partial charge is 0.475 e. The van der Waals surface area contributed by atoms with Crippen LogP contribution in [0.25, 0.3) is 0 Å². The minimum Gasteiger partial charge on any atom is -0.475 e. The third-order valence-corrected chi connectivity index (χ3v) is 2.09. The van der Waals surface area contributed by atoms with Gasteiger partial charge >= 0.3 is 11.9 Å². The molecule has 1 N–H and O–H groups in total. The van der Waals surface area contributed by atoms with Crippen molar-refractivity contribution in [2.24, 2.45) is 0 Å². The summed E-state index contributed by atoms with van der Waals surface area (Å²) in [5.74, 6) is -1.32. The van der Waals surface area contributed by atoms with E-state index >= 15 is 0 Å². The van der Waals surface area contributed by atoms with Crippen LogP contribution in [-0.2, 0) is 23.8 Å². The van der Waals surface area contributed by atoms with Gasteiger partial charge in [0.2, 0.25) is 5.88 Å². The van der Waals surface area contributed by atoms with Gasteiger partial charge in [0.1, 0.15) is 12.7 Å². The quantitative estimate of drug-likeness (QED) is 0.422. The molecule has 0 bridgehead atoms. The number of hydrogen-bond acceptors (Lipinski definition) is 7. The average molecular weight is 254 g/mol. The van der Waals surface area contributed by atoms with Crippen LogP contribution in [0.2, 0.25) is 0 Å². The van der Waals surface area contributed by atoms with Gasteiger partial charge in [0.25, 0.3) is 0 Å². The third kappa shape index (κ3) is 3.13. The lowest BCUT2D eigenvalue weighted by Crippen LogP contribution is -2.34. The molecule has 7 nitrogen and oxygen atoms in total. The number of rotatable bonds is 4. The van der Waals surface area contributed by atoms with Gasteiger partial charge < -0.3 is 19.5 Å². The maximum absolute atomic E-state index is 11.4. The number of ether oxygens (including phenoxy) is 3. The maximum Gasteiger partial charge on any atom is 0.354 e. The highest BCUT2D eigenvalue weighted by Gasteiger charge is 2.32. The van der Waals surface area contributed by atoms with Gasteiger partial charge in [-0.05, 0) is 13.8 Å². The summed E-state index contributed by atoms with van der Waals surface area (Å²) < 4.78 is 14.6. The van der Waals surface area contributed by atoms with Gasteiger partial charge in [-0.15, -0.1) is 0 Å². The first-order valence-corrected chi connectivity index (χ1v) is 5.51. The molecule has 1 fully saturated rings. The molecule has 1 saturated heterocycles. The van der Waals surface area contributed by atoms with Gasteiger partial charge in [-0.3, -0.25) is 0 Å². The van der Waals surface area contributed by atoms with Crippen LogP contribution in [0, 0.1) is 11.3 Å². The van der Waals surface area contributed by atoms with Gasteiger partial charge in [0.05, 0.1) is 13.2 Å². The van der Waals surface area contributed by atoms with Gasteiger partial charge in [0, 0.05) is 0 Å². The molecule has 1 rings (SSSR count). The summed E-state index contributed by atoms with van der Waals surface area (Å²) in [4.78, 5) is 22.8. The van der Waals surface area contributed by atoms with Crippen molar-refractivity contribution in [1.29, 1.82) is 5.26 Å². The Kier molecular flexibility index (Phi) is 4.99. The van der Waals surface area contributed by atoms with E-state index in [2.05, 4.69) is 5.32 Å². The highest BCUT2D eigenvalue weighted by molar-refractivity contribution is 5.93. The third-order valence-electron chi connectivity index (χ3n) is 2.09. The summed E-state index contributed by atoms with van der Waals surface area (Å²) >= 11 is 0. The molecular weight excluding hydrogens is 240 g/mol. The number of nitrogens with one attached hydrogen (secondary N) is 1. The van der Waals surface area contributed by atoms with Crippen molar-refractivity contribution < 1.29 is 23.8 Å². The van der Waals surface area contributed by atoms with Gasteiger partial charge in [0.15, 0.2) is 11.6 Å². The predicted octanol–water partition coefficient (Wildman–Crippen LogP) is -0.164. The van der Waals surface area contributed by atoms with Crippen molar-refractivity contribution in [1.82, 2.24) is 5.32 Å². The monoisotopic (exact) mass is 254 g/mol. The van der Waals surface area contributed by atoms with E-state index in [9.17, 15) is 9.59 Å². The van der Waals surface area contributed by atoms with Crippen molar-refractivity contribution in [3.63, 3.8) is 0 Å². The first kappa shape index (κ1) is 13.8. The maximum atomic E-state index is 11.4. The molecule has 18 heavy (non-hydrogen) atoms. The van der Waals surface area contributed by atoms with Crippen LogP contribution < -0.4 is 5.32 Å². The van der Waals surface area contributed by atoms with Crippen molar-refractivity contribution in [2.45, 2.75) is 19.9 Å². The minimum atomic E-state index is -0.785. The number of nitrogens with zero attached hydrogens (tertiary/aromatic N) is 1. The summed E-state index contributed by atoms with van der Waals surface area (Å²) in [6.45, 7) is 3.72. The Labute approximate surface area is 104 Å². The Morgan fingerprint density at radius 2 is 2.11 bits per heavy atom. The first-order valence-electron chi connectivity index (χ1n) is 5.51. The van der Waals surface area contributed by atoms with Crippen molar-refractivity contribution in [3.05, 3.63) is 11.5 Å². The summed E-state index contributed by atoms with van der Waals surface area (Å²) in [5, 5.41) is 11.5. The van der Waals surface area contributed by atoms with E-state index in [1.165, 1.54) is 0 Å². The number of nitriles is 1. The molecule has 98 valence electrons. The van der Waals surface area contributed by atoms with E-state index in [1.54, 1.807) is 19.9 Å². The second kappa shape index (κ2) is 6.49. The minimum absolute atomic E-state index is 0.0127. The molecule has 7 heteroatoms. The van der Waals surface area contributed by atoms with Gasteiger partial charge in [-0.2, -0.15) is 5.26 Å². The Balaban J connectivity index is 2.76. The Morgan fingerprint density at radius 3 is 2.67 bits per heavy atom. The smallest absolute Gasteiger partial charge is 0.354 e. The van der Waals surface area contributed by atoms with Crippen LogP contribution in [-0.4, -0.2) is 37.8 Å². The average Bonchev–Trinajstić information content (AvgIpc) is 2.80. The van der Waals surface area contributed by atoms with Crippen LogP contribution in [0.1, 0.15) is 13.8 Å². The summed E-state index contributed by atoms with van der Waals surface area (Å²) in [6.07, 6.45) is 0. The topological polar surface area (TPSA) is 97.7 Å². The van der Waals surface area contributed by atoms with Crippen molar-refractivity contribution >= 4 is 11.9 Å². The van der Waals surface area contributed by atoms with Gasteiger partial charge in [-0.25, -0.2) is 9.59 Å². The summed E-state index contributed by atoms with van der Waals surface area (Å²) in [7, 11) is 0. The molecule has 0 radical (unpaired) electrons. The fourth-order valence-electron chi connectivity index (χ4n) is 1.31. The highest BCUT2D eigenvalue weighted by atomic mass is 16.6. The molecule has 1 aliphatic heterocycles. The Bertz CT molecular complexity index is 410. The second-order valence-corrected chi connectivity index (χ2v) is 3.30. The predicted molar refractivity (Wildman–Crippen MR) is 58.8 cm³/mol. The lowest BCUT2D eigenvalue weighted by atomic mass is 10.3. The Morgan fingerprint density at radius 1 is 1.44 bits per heavy atom. The van der Waals surface area contributed by atoms with Crippen LogP contribution in [0.15, 0.2) is 11.5 Å². The molecule has 1 heterocycles. The second-order valence-electron chi connectivity index (χ2n) is 3.30. The standard InChI is InChI=1S/C11H14N2O5/c1-3-16-10(14)7(5-12)9-13-8(6-18-9)11(15)17-4-2/h8,13H,3-4,6H2,1-2H3/b9-7+/t8-/m0/s1. The molecule has 1 atom stereocenters. The van der Waals surface area contributed by atoms with E-state index in [4.69, 9.17) is 19.5 Å². The molecule has 0 aliphatic carbocycles. The number of carbonyl (C=O) groups is 2. The lowest BCUT2D eigenvalue weighted by molar-refractivity contribution is -0.145. The van der Waals surface area contributed by atoms with E-state index in [1.807, 2.05) is 0 Å². The summed E-state index contributed by atoms with van der Waals surface area (Å²) in [5.41, 5.74) is -0.288. The van der Waals surface area contributed by atoms with Crippen molar-refractivity contribution in [2.75, 3.05) is 19.8 Å². The fraction of sp³-hybridized carbons (Fsp3) is 0.545. The molecule has 0 spiro atoms. The van der Waals surface area contributed by atoms with E-state index in [0.717, 1.165) is 0 Å². The van der Waals surface area contributed by atoms with E-state index in [-0.39, 0.29) is 31.3 Å². The molecule has 0 unspecified atom stereocenters. The first-order chi connectivity index (χ1) is 8.63. The SMILES string of the molecule is CCOC(=O)/C(C#N)=C1\N[C@H](C(=O)OCC)CO1. The number of carbonyl (C=O) groups excluding carboxylic acids is 2. The molecule has 0 saturated carbocycles. The zero-order valence-electron chi connectivity index (χ0n) is 10.2. The van der Waals surface area contributed by atoms with E-state index < -0.39 is 18.0 Å². The molecule has 1 aliphatic rings. The zero-order valence-corrected chi connectivity index (χ0v) is 10.2. The zero-order chi connectivity index (χ0) is 13.5. The van der Waals surface area contributed by atoms with E-state index in [0.29, 0.717) is 0 Å².